The standard InChI is InChI=1S/C31H42N2O4/c1-6-23(7-2)18-19-31(20-26(29(35)33(4)5)27(21-31)32-22(3)34)30(36)37-28(24-14-10-8-11-15-24)25-16-12-9-13-17-25/h8-17,23,26-28H,6-7,18-21H2,1-5H3,(H,32,34)/t26-,27-,31-/m1/s1. The smallest absolute Gasteiger partial charge is 0.313 e. The van der Waals surface area contributed by atoms with Crippen molar-refractivity contribution in [3.05, 3.63) is 71.8 Å². The monoisotopic (exact) mass is 506 g/mol. The first kappa shape index (κ1) is 28.4. The van der Waals surface area contributed by atoms with Crippen LogP contribution in [0.2, 0.25) is 0 Å². The Morgan fingerprint density at radius 3 is 1.95 bits per heavy atom. The van der Waals surface area contributed by atoms with E-state index in [9.17, 15) is 14.4 Å². The molecular formula is C31H42N2O4. The molecule has 6 heteroatoms. The molecule has 0 radical (unpaired) electrons. The summed E-state index contributed by atoms with van der Waals surface area (Å²) in [6.07, 6.45) is 3.78. The number of amides is 2. The molecule has 0 heterocycles. The second-order valence-electron chi connectivity index (χ2n) is 10.7. The summed E-state index contributed by atoms with van der Waals surface area (Å²) in [4.78, 5) is 41.0. The minimum atomic E-state index is -0.853. The first-order chi connectivity index (χ1) is 17.7. The largest absolute Gasteiger partial charge is 0.452 e. The number of carbonyl (C=O) groups is 3. The number of nitrogens with zero attached hydrogens (tertiary/aromatic N) is 1. The van der Waals surface area contributed by atoms with Crippen LogP contribution in [0.1, 0.15) is 76.5 Å². The molecule has 1 aliphatic carbocycles. The summed E-state index contributed by atoms with van der Waals surface area (Å²) in [5.41, 5.74) is 0.942. The van der Waals surface area contributed by atoms with Gasteiger partial charge in [0, 0.05) is 27.1 Å². The van der Waals surface area contributed by atoms with Crippen LogP contribution in [-0.2, 0) is 19.1 Å². The molecule has 0 bridgehead atoms. The molecule has 2 aromatic carbocycles. The number of ether oxygens (including phenoxy) is 1. The molecule has 37 heavy (non-hydrogen) atoms. The van der Waals surface area contributed by atoms with Crippen molar-refractivity contribution in [1.29, 1.82) is 0 Å². The zero-order valence-electron chi connectivity index (χ0n) is 22.9. The molecule has 1 N–H and O–H groups in total. The van der Waals surface area contributed by atoms with Crippen LogP contribution in [0.15, 0.2) is 60.7 Å². The van der Waals surface area contributed by atoms with Crippen LogP contribution in [0.4, 0.5) is 0 Å². The molecule has 1 fully saturated rings. The van der Waals surface area contributed by atoms with E-state index in [0.29, 0.717) is 25.2 Å². The van der Waals surface area contributed by atoms with Gasteiger partial charge in [-0.25, -0.2) is 0 Å². The van der Waals surface area contributed by atoms with Gasteiger partial charge in [-0.1, -0.05) is 87.4 Å². The fourth-order valence-corrected chi connectivity index (χ4v) is 5.68. The van der Waals surface area contributed by atoms with E-state index in [1.165, 1.54) is 6.92 Å². The SMILES string of the molecule is CCC(CC)CC[C@]1(C(=O)OC(c2ccccc2)c2ccccc2)C[C@@H](NC(C)=O)[C@H](C(=O)N(C)C)C1. The van der Waals surface area contributed by atoms with Crippen LogP contribution in [-0.4, -0.2) is 42.8 Å². The third-order valence-corrected chi connectivity index (χ3v) is 7.90. The van der Waals surface area contributed by atoms with Crippen molar-refractivity contribution < 1.29 is 19.1 Å². The van der Waals surface area contributed by atoms with Crippen molar-refractivity contribution in [3.8, 4) is 0 Å². The topological polar surface area (TPSA) is 75.7 Å². The molecule has 0 spiro atoms. The lowest BCUT2D eigenvalue weighted by Crippen LogP contribution is -2.42. The van der Waals surface area contributed by atoms with Crippen molar-refractivity contribution in [3.63, 3.8) is 0 Å². The second-order valence-corrected chi connectivity index (χ2v) is 10.7. The fourth-order valence-electron chi connectivity index (χ4n) is 5.68. The first-order valence-corrected chi connectivity index (χ1v) is 13.5. The number of nitrogens with one attached hydrogen (secondary N) is 1. The molecular weight excluding hydrogens is 464 g/mol. The molecule has 2 amide bonds. The highest BCUT2D eigenvalue weighted by atomic mass is 16.5. The third-order valence-electron chi connectivity index (χ3n) is 7.90. The Hall–Kier alpha value is -3.15. The maximum Gasteiger partial charge on any atom is 0.313 e. The van der Waals surface area contributed by atoms with E-state index in [4.69, 9.17) is 4.74 Å². The van der Waals surface area contributed by atoms with E-state index in [-0.39, 0.29) is 17.8 Å². The lowest BCUT2D eigenvalue weighted by molar-refractivity contribution is -0.161. The molecule has 200 valence electrons. The van der Waals surface area contributed by atoms with E-state index in [1.807, 2.05) is 60.7 Å². The van der Waals surface area contributed by atoms with Crippen LogP contribution < -0.4 is 5.32 Å². The molecule has 0 unspecified atom stereocenters. The molecule has 6 nitrogen and oxygen atoms in total. The number of hydrogen-bond donors (Lipinski definition) is 1. The molecule has 0 aromatic heterocycles. The van der Waals surface area contributed by atoms with Gasteiger partial charge < -0.3 is 15.0 Å². The first-order valence-electron chi connectivity index (χ1n) is 13.5. The van der Waals surface area contributed by atoms with Crippen LogP contribution in [0.3, 0.4) is 0 Å². The van der Waals surface area contributed by atoms with Crippen LogP contribution >= 0.6 is 0 Å². The predicted molar refractivity (Wildman–Crippen MR) is 146 cm³/mol. The highest BCUT2D eigenvalue weighted by Gasteiger charge is 2.54. The Morgan fingerprint density at radius 2 is 1.49 bits per heavy atom. The van der Waals surface area contributed by atoms with Crippen molar-refractivity contribution in [2.24, 2.45) is 17.3 Å². The normalized spacial score (nSPS) is 21.2. The van der Waals surface area contributed by atoms with Gasteiger partial charge in [0.05, 0.1) is 11.3 Å². The average molecular weight is 507 g/mol. The highest BCUT2D eigenvalue weighted by molar-refractivity contribution is 5.85. The highest BCUT2D eigenvalue weighted by Crippen LogP contribution is 2.49. The molecule has 1 aliphatic rings. The van der Waals surface area contributed by atoms with E-state index in [1.54, 1.807) is 19.0 Å². The minimum Gasteiger partial charge on any atom is -0.452 e. The van der Waals surface area contributed by atoms with Crippen LogP contribution in [0.5, 0.6) is 0 Å². The summed E-state index contributed by atoms with van der Waals surface area (Å²) >= 11 is 0. The fraction of sp³-hybridized carbons (Fsp3) is 0.516. The average Bonchev–Trinajstić information content (AvgIpc) is 3.26. The Morgan fingerprint density at radius 1 is 0.946 bits per heavy atom. The van der Waals surface area contributed by atoms with Crippen molar-refractivity contribution in [2.45, 2.75) is 71.4 Å². The molecule has 2 aromatic rings. The Bertz CT molecular complexity index is 996. The lowest BCUT2D eigenvalue weighted by Gasteiger charge is -2.31. The van der Waals surface area contributed by atoms with Crippen molar-refractivity contribution in [1.82, 2.24) is 10.2 Å². The van der Waals surface area contributed by atoms with Gasteiger partial charge in [-0.15, -0.1) is 0 Å². The van der Waals surface area contributed by atoms with Gasteiger partial charge in [-0.3, -0.25) is 14.4 Å². The van der Waals surface area contributed by atoms with Gasteiger partial charge in [0.1, 0.15) is 0 Å². The maximum atomic E-state index is 14.2. The molecule has 1 saturated carbocycles. The molecule has 3 rings (SSSR count). The second kappa shape index (κ2) is 12.9. The summed E-state index contributed by atoms with van der Waals surface area (Å²) in [7, 11) is 3.44. The summed E-state index contributed by atoms with van der Waals surface area (Å²) < 4.78 is 6.37. The van der Waals surface area contributed by atoms with E-state index in [2.05, 4.69) is 19.2 Å². The maximum absolute atomic E-state index is 14.2. The number of benzene rings is 2. The van der Waals surface area contributed by atoms with Gasteiger partial charge in [0.25, 0.3) is 0 Å². The van der Waals surface area contributed by atoms with E-state index in [0.717, 1.165) is 30.4 Å². The summed E-state index contributed by atoms with van der Waals surface area (Å²) in [5, 5.41) is 2.98. The molecule has 0 saturated heterocycles. The predicted octanol–water partition coefficient (Wildman–Crippen LogP) is 5.52. The van der Waals surface area contributed by atoms with Gasteiger partial charge in [-0.2, -0.15) is 0 Å². The van der Waals surface area contributed by atoms with E-state index < -0.39 is 23.5 Å². The zero-order chi connectivity index (χ0) is 27.0. The third kappa shape index (κ3) is 7.00. The van der Waals surface area contributed by atoms with Crippen molar-refractivity contribution >= 4 is 17.8 Å². The number of carbonyl (C=O) groups excluding carboxylic acids is 3. The summed E-state index contributed by atoms with van der Waals surface area (Å²) in [5.74, 6) is -0.539. The van der Waals surface area contributed by atoms with E-state index >= 15 is 0 Å². The Balaban J connectivity index is 1.99. The summed E-state index contributed by atoms with van der Waals surface area (Å²) in [6.45, 7) is 5.81. The summed E-state index contributed by atoms with van der Waals surface area (Å²) in [6, 6.07) is 19.1. The van der Waals surface area contributed by atoms with Gasteiger partial charge in [-0.05, 0) is 42.7 Å². The van der Waals surface area contributed by atoms with Crippen molar-refractivity contribution in [2.75, 3.05) is 14.1 Å². The molecule has 3 atom stereocenters. The Labute approximate surface area is 221 Å². The Kier molecular flexibility index (Phi) is 9.90. The van der Waals surface area contributed by atoms with Crippen LogP contribution in [0, 0.1) is 17.3 Å². The van der Waals surface area contributed by atoms with Gasteiger partial charge >= 0.3 is 5.97 Å². The van der Waals surface area contributed by atoms with Crippen LogP contribution in [0.25, 0.3) is 0 Å². The van der Waals surface area contributed by atoms with Gasteiger partial charge in [0.15, 0.2) is 6.10 Å². The number of hydrogen-bond acceptors (Lipinski definition) is 4. The lowest BCUT2D eigenvalue weighted by atomic mass is 9.77. The minimum absolute atomic E-state index is 0.0707. The van der Waals surface area contributed by atoms with Gasteiger partial charge in [0.2, 0.25) is 11.8 Å². The zero-order valence-corrected chi connectivity index (χ0v) is 22.9. The molecule has 0 aliphatic heterocycles. The quantitative estimate of drug-likeness (QED) is 0.407. The number of rotatable bonds is 11. The number of esters is 1.